The molecule has 0 atom stereocenters. The van der Waals surface area contributed by atoms with Crippen LogP contribution in [-0.2, 0) is 14.8 Å². The minimum absolute atomic E-state index is 0.0923. The lowest BCUT2D eigenvalue weighted by molar-refractivity contribution is 0.0494. The average molecular weight is 311 g/mol. The van der Waals surface area contributed by atoms with E-state index in [0.29, 0.717) is 11.0 Å². The molecule has 0 amide bonds. The summed E-state index contributed by atoms with van der Waals surface area (Å²) in [6.07, 6.45) is 1.09. The zero-order valence-electron chi connectivity index (χ0n) is 12.1. The Morgan fingerprint density at radius 3 is 2.52 bits per heavy atom. The SMILES string of the molecule is CCOC(=O)c1oc2ccccc2c1N(CC)S(C)(=O)=O. The van der Waals surface area contributed by atoms with Crippen molar-refractivity contribution in [3.8, 4) is 0 Å². The van der Waals surface area contributed by atoms with Crippen LogP contribution < -0.4 is 4.31 Å². The average Bonchev–Trinajstić information content (AvgIpc) is 2.78. The highest BCUT2D eigenvalue weighted by Gasteiger charge is 2.29. The monoisotopic (exact) mass is 311 g/mol. The molecule has 2 aromatic rings. The number of hydrogen-bond donors (Lipinski definition) is 0. The minimum atomic E-state index is -3.53. The molecule has 0 unspecified atom stereocenters. The maximum atomic E-state index is 12.0. The van der Waals surface area contributed by atoms with Gasteiger partial charge < -0.3 is 9.15 Å². The fourth-order valence-corrected chi connectivity index (χ4v) is 3.15. The number of ether oxygens (including phenoxy) is 1. The van der Waals surface area contributed by atoms with Gasteiger partial charge in [-0.05, 0) is 26.0 Å². The van der Waals surface area contributed by atoms with Crippen LogP contribution in [0.4, 0.5) is 5.69 Å². The predicted molar refractivity (Wildman–Crippen MR) is 80.0 cm³/mol. The van der Waals surface area contributed by atoms with Gasteiger partial charge in [0.05, 0.1) is 12.9 Å². The number of benzene rings is 1. The van der Waals surface area contributed by atoms with Gasteiger partial charge in [-0.1, -0.05) is 12.1 Å². The maximum Gasteiger partial charge on any atom is 0.376 e. The van der Waals surface area contributed by atoms with E-state index in [1.54, 1.807) is 38.1 Å². The van der Waals surface area contributed by atoms with Crippen LogP contribution in [0.2, 0.25) is 0 Å². The Kier molecular flexibility index (Phi) is 4.22. The number of carbonyl (C=O) groups is 1. The number of nitrogens with zero attached hydrogens (tertiary/aromatic N) is 1. The van der Waals surface area contributed by atoms with Gasteiger partial charge in [0.1, 0.15) is 11.3 Å². The second-order valence-electron chi connectivity index (χ2n) is 4.42. The summed E-state index contributed by atoms with van der Waals surface area (Å²) < 4.78 is 35.5. The van der Waals surface area contributed by atoms with E-state index in [1.807, 2.05) is 0 Å². The van der Waals surface area contributed by atoms with Crippen molar-refractivity contribution in [3.05, 3.63) is 30.0 Å². The summed E-state index contributed by atoms with van der Waals surface area (Å²) in [7, 11) is -3.53. The van der Waals surface area contributed by atoms with E-state index < -0.39 is 16.0 Å². The lowest BCUT2D eigenvalue weighted by atomic mass is 10.2. The van der Waals surface area contributed by atoms with Gasteiger partial charge in [-0.3, -0.25) is 4.31 Å². The number of para-hydroxylation sites is 1. The highest BCUT2D eigenvalue weighted by molar-refractivity contribution is 7.92. The van der Waals surface area contributed by atoms with Crippen LogP contribution in [0.3, 0.4) is 0 Å². The van der Waals surface area contributed by atoms with Crippen molar-refractivity contribution >= 4 is 32.6 Å². The summed E-state index contributed by atoms with van der Waals surface area (Å²) in [6, 6.07) is 6.90. The first-order chi connectivity index (χ1) is 9.90. The zero-order valence-corrected chi connectivity index (χ0v) is 12.9. The van der Waals surface area contributed by atoms with Crippen LogP contribution in [0.15, 0.2) is 28.7 Å². The minimum Gasteiger partial charge on any atom is -0.460 e. The van der Waals surface area contributed by atoms with Gasteiger partial charge in [0, 0.05) is 11.9 Å². The Bertz CT molecular complexity index is 763. The molecule has 2 rings (SSSR count). The number of rotatable bonds is 5. The van der Waals surface area contributed by atoms with Gasteiger partial charge in [0.2, 0.25) is 15.8 Å². The predicted octanol–water partition coefficient (Wildman–Crippen LogP) is 2.40. The number of anilines is 1. The fourth-order valence-electron chi connectivity index (χ4n) is 2.17. The van der Waals surface area contributed by atoms with E-state index in [4.69, 9.17) is 9.15 Å². The van der Waals surface area contributed by atoms with E-state index in [9.17, 15) is 13.2 Å². The van der Waals surface area contributed by atoms with E-state index in [-0.39, 0.29) is 24.6 Å². The Morgan fingerprint density at radius 1 is 1.29 bits per heavy atom. The van der Waals surface area contributed by atoms with E-state index in [1.165, 1.54) is 0 Å². The van der Waals surface area contributed by atoms with Crippen molar-refractivity contribution in [2.45, 2.75) is 13.8 Å². The zero-order chi connectivity index (χ0) is 15.6. The molecular formula is C14H17NO5S. The molecule has 7 heteroatoms. The first-order valence-corrected chi connectivity index (χ1v) is 8.41. The summed E-state index contributed by atoms with van der Waals surface area (Å²) in [6.45, 7) is 3.74. The van der Waals surface area contributed by atoms with Crippen molar-refractivity contribution < 1.29 is 22.4 Å². The molecule has 1 aromatic heterocycles. The summed E-state index contributed by atoms with van der Waals surface area (Å²) in [5.74, 6) is -0.767. The Hall–Kier alpha value is -2.02. The Labute approximate surface area is 123 Å². The lowest BCUT2D eigenvalue weighted by Crippen LogP contribution is -2.30. The van der Waals surface area contributed by atoms with Crippen LogP contribution in [0.1, 0.15) is 24.4 Å². The quantitative estimate of drug-likeness (QED) is 0.792. The van der Waals surface area contributed by atoms with Crippen molar-refractivity contribution in [2.75, 3.05) is 23.7 Å². The first-order valence-electron chi connectivity index (χ1n) is 6.56. The number of carbonyl (C=O) groups excluding carboxylic acids is 1. The first kappa shape index (κ1) is 15.4. The number of sulfonamides is 1. The topological polar surface area (TPSA) is 76.8 Å². The number of furan rings is 1. The van der Waals surface area contributed by atoms with Crippen molar-refractivity contribution in [2.24, 2.45) is 0 Å². The van der Waals surface area contributed by atoms with Gasteiger partial charge in [-0.2, -0.15) is 0 Å². The lowest BCUT2D eigenvalue weighted by Gasteiger charge is -2.20. The molecule has 6 nitrogen and oxygen atoms in total. The van der Waals surface area contributed by atoms with Gasteiger partial charge in [0.25, 0.3) is 0 Å². The van der Waals surface area contributed by atoms with Crippen LogP contribution in [0, 0.1) is 0 Å². The van der Waals surface area contributed by atoms with E-state index in [0.717, 1.165) is 10.6 Å². The van der Waals surface area contributed by atoms with Crippen LogP contribution >= 0.6 is 0 Å². The molecule has 0 aliphatic rings. The van der Waals surface area contributed by atoms with Gasteiger partial charge in [-0.25, -0.2) is 13.2 Å². The van der Waals surface area contributed by atoms with E-state index in [2.05, 4.69) is 0 Å². The molecule has 0 N–H and O–H groups in total. The molecule has 0 radical (unpaired) electrons. The largest absolute Gasteiger partial charge is 0.460 e. The van der Waals surface area contributed by atoms with Crippen LogP contribution in [0.25, 0.3) is 11.0 Å². The number of fused-ring (bicyclic) bond motifs is 1. The Morgan fingerprint density at radius 2 is 1.95 bits per heavy atom. The van der Waals surface area contributed by atoms with Gasteiger partial charge in [-0.15, -0.1) is 0 Å². The molecule has 0 fully saturated rings. The summed E-state index contributed by atoms with van der Waals surface area (Å²) in [4.78, 5) is 12.0. The third-order valence-electron chi connectivity index (χ3n) is 2.97. The summed E-state index contributed by atoms with van der Waals surface area (Å²) >= 11 is 0. The van der Waals surface area contributed by atoms with Crippen LogP contribution in [0.5, 0.6) is 0 Å². The van der Waals surface area contributed by atoms with Crippen molar-refractivity contribution in [3.63, 3.8) is 0 Å². The molecule has 114 valence electrons. The van der Waals surface area contributed by atoms with Crippen molar-refractivity contribution in [1.82, 2.24) is 0 Å². The van der Waals surface area contributed by atoms with E-state index >= 15 is 0 Å². The van der Waals surface area contributed by atoms with Gasteiger partial charge >= 0.3 is 5.97 Å². The summed E-state index contributed by atoms with van der Waals surface area (Å²) in [5.41, 5.74) is 0.673. The normalized spacial score (nSPS) is 11.6. The highest BCUT2D eigenvalue weighted by atomic mass is 32.2. The molecular weight excluding hydrogens is 294 g/mol. The molecule has 0 aliphatic carbocycles. The third-order valence-corrected chi connectivity index (χ3v) is 4.21. The van der Waals surface area contributed by atoms with Gasteiger partial charge in [0.15, 0.2) is 0 Å². The number of hydrogen-bond acceptors (Lipinski definition) is 5. The van der Waals surface area contributed by atoms with Crippen molar-refractivity contribution in [1.29, 1.82) is 0 Å². The standard InChI is InChI=1S/C14H17NO5S/c1-4-15(21(3,17)18)12-10-8-6-7-9-11(10)20-13(12)14(16)19-5-2/h6-9H,4-5H2,1-3H3. The molecule has 0 aliphatic heterocycles. The summed E-state index contributed by atoms with van der Waals surface area (Å²) in [5, 5.41) is 0.563. The maximum absolute atomic E-state index is 12.0. The molecule has 21 heavy (non-hydrogen) atoms. The molecule has 0 bridgehead atoms. The molecule has 0 spiro atoms. The van der Waals surface area contributed by atoms with Crippen LogP contribution in [-0.4, -0.2) is 33.8 Å². The number of esters is 1. The smallest absolute Gasteiger partial charge is 0.376 e. The molecule has 1 heterocycles. The Balaban J connectivity index is 2.74. The molecule has 0 saturated heterocycles. The molecule has 1 aromatic carbocycles. The third kappa shape index (κ3) is 2.87. The second-order valence-corrected chi connectivity index (χ2v) is 6.33. The fraction of sp³-hybridized carbons (Fsp3) is 0.357. The molecule has 0 saturated carbocycles. The second kappa shape index (κ2) is 5.77. The highest BCUT2D eigenvalue weighted by Crippen LogP contribution is 2.35.